The molecule has 0 aliphatic heterocycles. The van der Waals surface area contributed by atoms with Crippen LogP contribution in [0.25, 0.3) is 0 Å². The maximum atomic E-state index is 15.3. The fraction of sp³-hybridized carbons (Fsp3) is 0.250. The number of quaternary nitrogens is 1. The van der Waals surface area contributed by atoms with Crippen LogP contribution in [0.3, 0.4) is 0 Å². The molecular weight excluding hydrogens is 637 g/mol. The van der Waals surface area contributed by atoms with E-state index in [1.807, 2.05) is 0 Å². The number of benzene rings is 4. The lowest BCUT2D eigenvalue weighted by molar-refractivity contribution is -0.887. The number of hydrogen-bond donors (Lipinski definition) is 1. The second kappa shape index (κ2) is 13.8. The summed E-state index contributed by atoms with van der Waals surface area (Å²) in [6, 6.07) is 0.520. The molecule has 46 heavy (non-hydrogen) atoms. The maximum Gasteiger partial charge on any atom is 0.158 e. The van der Waals surface area contributed by atoms with Crippen LogP contribution in [0.5, 0.6) is 0 Å². The van der Waals surface area contributed by atoms with Gasteiger partial charge in [0.15, 0.2) is 23.3 Å². The minimum absolute atomic E-state index is 0.0227. The minimum atomic E-state index is -4.89. The van der Waals surface area contributed by atoms with Crippen molar-refractivity contribution in [2.45, 2.75) is 38.1 Å². The Bertz CT molecular complexity index is 1520. The summed E-state index contributed by atoms with van der Waals surface area (Å²) in [5.41, 5.74) is -6.69. The van der Waals surface area contributed by atoms with Gasteiger partial charge in [0.05, 0.1) is 20.1 Å². The third kappa shape index (κ3) is 6.63. The van der Waals surface area contributed by atoms with E-state index in [4.69, 9.17) is 0 Å². The van der Waals surface area contributed by atoms with Crippen LogP contribution in [0.1, 0.15) is 32.1 Å². The Morgan fingerprint density at radius 1 is 0.435 bits per heavy atom. The Morgan fingerprint density at radius 2 is 0.696 bits per heavy atom. The Morgan fingerprint density at radius 3 is 0.913 bits per heavy atom. The molecule has 4 aromatic rings. The summed E-state index contributed by atoms with van der Waals surface area (Å²) in [6.45, 7) is 0. The number of rotatable bonds is 5. The summed E-state index contributed by atoms with van der Waals surface area (Å²) < 4.78 is 176. The van der Waals surface area contributed by atoms with E-state index in [0.29, 0.717) is 0 Å². The van der Waals surface area contributed by atoms with Crippen molar-refractivity contribution in [3.63, 3.8) is 0 Å². The predicted octanol–water partition coefficient (Wildman–Crippen LogP) is 5.20. The molecule has 4 aromatic carbocycles. The summed E-state index contributed by atoms with van der Waals surface area (Å²) in [7, 11) is 4.55. The number of hydrogen-bond acceptors (Lipinski definition) is 0. The molecular formula is C32H26BF12N. The average molecular weight is 663 g/mol. The van der Waals surface area contributed by atoms with E-state index in [1.165, 1.54) is 32.1 Å². The summed E-state index contributed by atoms with van der Waals surface area (Å²) in [4.78, 5) is 1.65. The molecule has 14 heteroatoms. The van der Waals surface area contributed by atoms with E-state index in [9.17, 15) is 35.1 Å². The van der Waals surface area contributed by atoms with Crippen molar-refractivity contribution in [2.24, 2.45) is 0 Å². The highest BCUT2D eigenvalue weighted by Gasteiger charge is 2.43. The molecule has 246 valence electrons. The molecule has 0 unspecified atom stereocenters. The van der Waals surface area contributed by atoms with Crippen molar-refractivity contribution in [1.82, 2.24) is 0 Å². The quantitative estimate of drug-likeness (QED) is 0.170. The van der Waals surface area contributed by atoms with E-state index in [2.05, 4.69) is 14.1 Å². The van der Waals surface area contributed by atoms with Gasteiger partial charge in [0, 0.05) is 24.3 Å². The van der Waals surface area contributed by atoms with Gasteiger partial charge in [0.1, 0.15) is 52.7 Å². The van der Waals surface area contributed by atoms with Crippen LogP contribution in [0.15, 0.2) is 48.5 Å². The zero-order valence-corrected chi connectivity index (χ0v) is 24.3. The second-order valence-electron chi connectivity index (χ2n) is 11.4. The molecule has 1 aliphatic carbocycles. The van der Waals surface area contributed by atoms with Crippen LogP contribution in [0, 0.1) is 69.8 Å². The van der Waals surface area contributed by atoms with E-state index in [0.717, 1.165) is 6.04 Å². The van der Waals surface area contributed by atoms with E-state index in [1.54, 1.807) is 4.90 Å². The molecule has 0 aromatic heterocycles. The third-order valence-electron chi connectivity index (χ3n) is 8.37. The van der Waals surface area contributed by atoms with Gasteiger partial charge < -0.3 is 4.90 Å². The van der Waals surface area contributed by atoms with Crippen LogP contribution < -0.4 is 26.8 Å². The van der Waals surface area contributed by atoms with Gasteiger partial charge in [-0.3, -0.25) is 0 Å². The molecule has 0 amide bonds. The molecule has 1 saturated carbocycles. The van der Waals surface area contributed by atoms with Gasteiger partial charge in [0.2, 0.25) is 0 Å². The summed E-state index contributed by atoms with van der Waals surface area (Å²) >= 11 is 0. The minimum Gasteiger partial charge on any atom is -0.337 e. The van der Waals surface area contributed by atoms with Gasteiger partial charge in [0.25, 0.3) is 0 Å². The van der Waals surface area contributed by atoms with E-state index < -0.39 is 97.8 Å². The summed E-state index contributed by atoms with van der Waals surface area (Å²) in [6.07, 6.45) is 2.44. The lowest BCUT2D eigenvalue weighted by Gasteiger charge is -2.44. The van der Waals surface area contributed by atoms with Gasteiger partial charge in [-0.2, -0.15) is 21.9 Å². The highest BCUT2D eigenvalue weighted by molar-refractivity contribution is 7.20. The molecule has 0 spiro atoms. The van der Waals surface area contributed by atoms with Crippen molar-refractivity contribution in [3.8, 4) is 0 Å². The average Bonchev–Trinajstić information content (AvgIpc) is 2.99. The standard InChI is InChI=1S/C24H8BF12.C8H17N/c26-9-1-13(21(34)17(30)5-9)25(14-2-10(27)6-18(31)22(14)35,15-3-11(28)7-19(32)23(15)36)16-4-12(29)8-20(33)24(16)37;1-9(2)8-6-4-3-5-7-8/h1-8H;8H,3-7H2,1-2H3/q-1;/p+1. The van der Waals surface area contributed by atoms with Crippen LogP contribution in [-0.2, 0) is 0 Å². The number of halogens is 12. The first-order valence-electron chi connectivity index (χ1n) is 14.1. The van der Waals surface area contributed by atoms with Gasteiger partial charge in [-0.05, 0) is 25.7 Å². The fourth-order valence-corrected chi connectivity index (χ4v) is 6.25. The number of nitrogens with one attached hydrogen (secondary N) is 1. The summed E-state index contributed by atoms with van der Waals surface area (Å²) in [5.74, 6) is -24.2. The van der Waals surface area contributed by atoms with Crippen molar-refractivity contribution in [2.75, 3.05) is 14.1 Å². The van der Waals surface area contributed by atoms with Gasteiger partial charge >= 0.3 is 0 Å². The van der Waals surface area contributed by atoms with Crippen LogP contribution in [-0.4, -0.2) is 26.3 Å². The Hall–Kier alpha value is -3.94. The zero-order chi connectivity index (χ0) is 34.1. The van der Waals surface area contributed by atoms with Crippen LogP contribution >= 0.6 is 0 Å². The van der Waals surface area contributed by atoms with E-state index >= 15 is 17.6 Å². The van der Waals surface area contributed by atoms with Gasteiger partial charge in [-0.1, -0.05) is 30.7 Å². The largest absolute Gasteiger partial charge is 0.337 e. The Balaban J connectivity index is 0.000000459. The molecule has 0 radical (unpaired) electrons. The molecule has 0 atom stereocenters. The fourth-order valence-electron chi connectivity index (χ4n) is 6.25. The molecule has 5 rings (SSSR count). The third-order valence-corrected chi connectivity index (χ3v) is 8.37. The molecule has 1 fully saturated rings. The molecule has 1 N–H and O–H groups in total. The smallest absolute Gasteiger partial charge is 0.158 e. The topological polar surface area (TPSA) is 4.44 Å². The van der Waals surface area contributed by atoms with Crippen molar-refractivity contribution < 1.29 is 57.6 Å². The zero-order valence-electron chi connectivity index (χ0n) is 24.3. The lowest BCUT2D eigenvalue weighted by Crippen LogP contribution is -3.10. The highest BCUT2D eigenvalue weighted by atomic mass is 19.2. The maximum absolute atomic E-state index is 15.3. The SMILES string of the molecule is C[NH+](C)C1CCCCC1.Fc1cc(F)c(F)c([B-](c2cc(F)cc(F)c2F)(c2cc(F)cc(F)c2F)c2cc(F)cc(F)c2F)c1. The molecule has 0 bridgehead atoms. The first-order valence-corrected chi connectivity index (χ1v) is 14.1. The summed E-state index contributed by atoms with van der Waals surface area (Å²) in [5, 5.41) is 0. The van der Waals surface area contributed by atoms with Crippen molar-refractivity contribution in [3.05, 3.63) is 118 Å². The van der Waals surface area contributed by atoms with E-state index in [-0.39, 0.29) is 48.5 Å². The van der Waals surface area contributed by atoms with Crippen molar-refractivity contribution >= 4 is 28.0 Å². The van der Waals surface area contributed by atoms with Crippen LogP contribution in [0.2, 0.25) is 0 Å². The lowest BCUT2D eigenvalue weighted by atomic mass is 9.12. The molecule has 0 heterocycles. The molecule has 1 nitrogen and oxygen atoms in total. The van der Waals surface area contributed by atoms with Crippen LogP contribution in [0.4, 0.5) is 52.7 Å². The first kappa shape index (κ1) is 34.9. The predicted molar refractivity (Wildman–Crippen MR) is 149 cm³/mol. The highest BCUT2D eigenvalue weighted by Crippen LogP contribution is 2.23. The van der Waals surface area contributed by atoms with Crippen molar-refractivity contribution in [1.29, 1.82) is 0 Å². The molecule has 1 aliphatic rings. The Kier molecular flexibility index (Phi) is 10.5. The second-order valence-corrected chi connectivity index (χ2v) is 11.4. The first-order chi connectivity index (χ1) is 21.6. The molecule has 0 saturated heterocycles. The van der Waals surface area contributed by atoms with Gasteiger partial charge in [-0.15, -0.1) is 0 Å². The Labute approximate surface area is 256 Å². The normalized spacial score (nSPS) is 14.0. The monoisotopic (exact) mass is 663 g/mol. The van der Waals surface area contributed by atoms with Gasteiger partial charge in [-0.25, -0.2) is 52.7 Å².